The van der Waals surface area contributed by atoms with Crippen LogP contribution in [0.2, 0.25) is 0 Å². The van der Waals surface area contributed by atoms with Crippen LogP contribution in [0.3, 0.4) is 0 Å². The zero-order valence-electron chi connectivity index (χ0n) is 11.7. The van der Waals surface area contributed by atoms with Gasteiger partial charge in [0, 0.05) is 26.1 Å². The van der Waals surface area contributed by atoms with Gasteiger partial charge >= 0.3 is 5.97 Å². The third-order valence-electron chi connectivity index (χ3n) is 2.91. The van der Waals surface area contributed by atoms with Crippen molar-refractivity contribution in [2.45, 2.75) is 24.9 Å². The van der Waals surface area contributed by atoms with Gasteiger partial charge in [0.1, 0.15) is 0 Å². The van der Waals surface area contributed by atoms with E-state index in [1.807, 2.05) is 0 Å². The van der Waals surface area contributed by atoms with Crippen LogP contribution < -0.4 is 10.6 Å². The Morgan fingerprint density at radius 3 is 2.74 bits per heavy atom. The molecule has 7 nitrogen and oxygen atoms in total. The van der Waals surface area contributed by atoms with Gasteiger partial charge in [-0.15, -0.1) is 0 Å². The molecule has 0 aromatic rings. The number of nitrogens with one attached hydrogen (secondary N) is 2. The zero-order valence-corrected chi connectivity index (χ0v) is 11.7. The maximum absolute atomic E-state index is 12.0. The van der Waals surface area contributed by atoms with Gasteiger partial charge in [-0.25, -0.2) is 4.79 Å². The number of rotatable bonds is 6. The first-order valence-corrected chi connectivity index (χ1v) is 6.21. The van der Waals surface area contributed by atoms with E-state index < -0.39 is 11.5 Å². The lowest BCUT2D eigenvalue weighted by Crippen LogP contribution is -2.57. The van der Waals surface area contributed by atoms with Crippen LogP contribution in [0.4, 0.5) is 0 Å². The van der Waals surface area contributed by atoms with E-state index in [1.54, 1.807) is 6.92 Å². The molecule has 0 aliphatic carbocycles. The van der Waals surface area contributed by atoms with Gasteiger partial charge in [0.25, 0.3) is 0 Å². The molecule has 2 unspecified atom stereocenters. The second-order valence-electron chi connectivity index (χ2n) is 4.73. The van der Waals surface area contributed by atoms with Gasteiger partial charge in [0.2, 0.25) is 5.91 Å². The second kappa shape index (κ2) is 7.42. The molecule has 1 fully saturated rings. The van der Waals surface area contributed by atoms with Crippen LogP contribution in [0.5, 0.6) is 0 Å². The Bertz CT molecular complexity index is 317. The molecule has 1 heterocycles. The molecule has 7 heteroatoms. The maximum atomic E-state index is 12.0. The van der Waals surface area contributed by atoms with Gasteiger partial charge in [-0.3, -0.25) is 4.79 Å². The van der Waals surface area contributed by atoms with Gasteiger partial charge in [-0.2, -0.15) is 0 Å². The van der Waals surface area contributed by atoms with Gasteiger partial charge in [-0.05, 0) is 6.92 Å². The van der Waals surface area contributed by atoms with Crippen LogP contribution in [-0.4, -0.2) is 64.0 Å². The standard InChI is InChI=1S/C12H22N2O5/c1-12(8-17-2,11(16)18-3)14-10(15)6-9-7-19-5-4-13-9/h9,13H,4-8H2,1-3H3,(H,14,15). The maximum Gasteiger partial charge on any atom is 0.333 e. The minimum Gasteiger partial charge on any atom is -0.467 e. The number of esters is 1. The quantitative estimate of drug-likeness (QED) is 0.608. The third-order valence-corrected chi connectivity index (χ3v) is 2.91. The first-order valence-electron chi connectivity index (χ1n) is 6.21. The highest BCUT2D eigenvalue weighted by Crippen LogP contribution is 2.08. The summed E-state index contributed by atoms with van der Waals surface area (Å²) in [4.78, 5) is 23.6. The molecule has 0 radical (unpaired) electrons. The van der Waals surface area contributed by atoms with E-state index in [0.29, 0.717) is 13.2 Å². The van der Waals surface area contributed by atoms with Crippen molar-refractivity contribution in [1.82, 2.24) is 10.6 Å². The molecule has 1 rings (SSSR count). The number of hydrogen-bond acceptors (Lipinski definition) is 6. The Morgan fingerprint density at radius 1 is 1.47 bits per heavy atom. The van der Waals surface area contributed by atoms with Crippen molar-refractivity contribution in [1.29, 1.82) is 0 Å². The minimum atomic E-state index is -1.17. The molecule has 0 spiro atoms. The van der Waals surface area contributed by atoms with Crippen LogP contribution in [0.1, 0.15) is 13.3 Å². The highest BCUT2D eigenvalue weighted by Gasteiger charge is 2.36. The smallest absolute Gasteiger partial charge is 0.333 e. The largest absolute Gasteiger partial charge is 0.467 e. The Morgan fingerprint density at radius 2 is 2.21 bits per heavy atom. The summed E-state index contributed by atoms with van der Waals surface area (Å²) in [7, 11) is 2.74. The van der Waals surface area contributed by atoms with Crippen molar-refractivity contribution in [2.24, 2.45) is 0 Å². The first-order chi connectivity index (χ1) is 9.01. The highest BCUT2D eigenvalue weighted by molar-refractivity contribution is 5.88. The van der Waals surface area contributed by atoms with Crippen LogP contribution in [-0.2, 0) is 23.8 Å². The molecule has 2 N–H and O–H groups in total. The van der Waals surface area contributed by atoms with Crippen LogP contribution in [0, 0.1) is 0 Å². The number of carbonyl (C=O) groups excluding carboxylic acids is 2. The Hall–Kier alpha value is -1.18. The van der Waals surface area contributed by atoms with E-state index >= 15 is 0 Å². The lowest BCUT2D eigenvalue weighted by atomic mass is 10.0. The van der Waals surface area contributed by atoms with Crippen molar-refractivity contribution in [3.8, 4) is 0 Å². The topological polar surface area (TPSA) is 85.9 Å². The number of ether oxygens (including phenoxy) is 3. The average Bonchev–Trinajstić information content (AvgIpc) is 2.38. The van der Waals surface area contributed by atoms with Crippen molar-refractivity contribution < 1.29 is 23.8 Å². The zero-order chi connectivity index (χ0) is 14.3. The van der Waals surface area contributed by atoms with E-state index in [2.05, 4.69) is 15.4 Å². The van der Waals surface area contributed by atoms with E-state index in [0.717, 1.165) is 6.54 Å². The van der Waals surface area contributed by atoms with E-state index in [4.69, 9.17) is 9.47 Å². The summed E-state index contributed by atoms with van der Waals surface area (Å²) < 4.78 is 14.9. The summed E-state index contributed by atoms with van der Waals surface area (Å²) in [5.41, 5.74) is -1.17. The molecule has 2 atom stereocenters. The lowest BCUT2D eigenvalue weighted by Gasteiger charge is -2.29. The van der Waals surface area contributed by atoms with Crippen LogP contribution >= 0.6 is 0 Å². The van der Waals surface area contributed by atoms with Gasteiger partial charge in [0.15, 0.2) is 5.54 Å². The molecule has 0 bridgehead atoms. The van der Waals surface area contributed by atoms with Crippen molar-refractivity contribution in [2.75, 3.05) is 40.6 Å². The van der Waals surface area contributed by atoms with E-state index in [-0.39, 0.29) is 25.0 Å². The van der Waals surface area contributed by atoms with Crippen molar-refractivity contribution in [3.05, 3.63) is 0 Å². The van der Waals surface area contributed by atoms with Crippen LogP contribution in [0.15, 0.2) is 0 Å². The highest BCUT2D eigenvalue weighted by atomic mass is 16.5. The number of carbonyl (C=O) groups is 2. The summed E-state index contributed by atoms with van der Waals surface area (Å²) in [6.45, 7) is 3.50. The molecule has 110 valence electrons. The molecule has 0 aromatic heterocycles. The summed E-state index contributed by atoms with van der Waals surface area (Å²) in [6.07, 6.45) is 0.246. The molecule has 1 aliphatic rings. The fourth-order valence-corrected chi connectivity index (χ4v) is 1.99. The van der Waals surface area contributed by atoms with E-state index in [9.17, 15) is 9.59 Å². The number of methoxy groups -OCH3 is 2. The molecule has 1 saturated heterocycles. The predicted octanol–water partition coefficient (Wildman–Crippen LogP) is -0.941. The number of morpholine rings is 1. The van der Waals surface area contributed by atoms with Crippen molar-refractivity contribution in [3.63, 3.8) is 0 Å². The molecule has 1 amide bonds. The fourth-order valence-electron chi connectivity index (χ4n) is 1.99. The number of hydrogen-bond donors (Lipinski definition) is 2. The fraction of sp³-hybridized carbons (Fsp3) is 0.833. The Labute approximate surface area is 113 Å². The summed E-state index contributed by atoms with van der Waals surface area (Å²) in [6, 6.07) is -0.0295. The SMILES string of the molecule is COCC(C)(NC(=O)CC1COCCN1)C(=O)OC. The lowest BCUT2D eigenvalue weighted by molar-refractivity contribution is -0.152. The summed E-state index contributed by atoms with van der Waals surface area (Å²) in [5, 5.41) is 5.84. The average molecular weight is 274 g/mol. The van der Waals surface area contributed by atoms with E-state index in [1.165, 1.54) is 14.2 Å². The minimum absolute atomic E-state index is 0.0295. The van der Waals surface area contributed by atoms with Crippen molar-refractivity contribution >= 4 is 11.9 Å². The van der Waals surface area contributed by atoms with Gasteiger partial charge in [-0.1, -0.05) is 0 Å². The number of amides is 1. The summed E-state index contributed by atoms with van der Waals surface area (Å²) >= 11 is 0. The molecule has 1 aliphatic heterocycles. The predicted molar refractivity (Wildman–Crippen MR) is 67.7 cm³/mol. The Kier molecular flexibility index (Phi) is 6.20. The monoisotopic (exact) mass is 274 g/mol. The van der Waals surface area contributed by atoms with Gasteiger partial charge < -0.3 is 24.8 Å². The molecule has 0 saturated carbocycles. The molecule has 19 heavy (non-hydrogen) atoms. The molecular formula is C12H22N2O5. The second-order valence-corrected chi connectivity index (χ2v) is 4.73. The summed E-state index contributed by atoms with van der Waals surface area (Å²) in [5.74, 6) is -0.775. The molecule has 0 aromatic carbocycles. The normalized spacial score (nSPS) is 22.4. The first kappa shape index (κ1) is 15.9. The molecular weight excluding hydrogens is 252 g/mol. The third kappa shape index (κ3) is 4.77. The van der Waals surface area contributed by atoms with Gasteiger partial charge in [0.05, 0.1) is 26.9 Å². The van der Waals surface area contributed by atoms with Crippen LogP contribution in [0.25, 0.3) is 0 Å². The Balaban J connectivity index is 2.53.